The minimum Gasteiger partial charge on any atom is -0.379 e. The number of carbonyl (C=O) groups excluding carboxylic acids is 1. The third kappa shape index (κ3) is 4.10. The zero-order valence-corrected chi connectivity index (χ0v) is 16.6. The maximum absolute atomic E-state index is 13.0. The smallest absolute Gasteiger partial charge is 0.254 e. The Kier molecular flexibility index (Phi) is 5.69. The average Bonchev–Trinajstić information content (AvgIpc) is 3.45. The minimum absolute atomic E-state index is 0.0698. The second-order valence-corrected chi connectivity index (χ2v) is 9.49. The van der Waals surface area contributed by atoms with E-state index >= 15 is 0 Å². The first-order valence-electron chi connectivity index (χ1n) is 9.30. The molecule has 1 aromatic rings. The van der Waals surface area contributed by atoms with Crippen LogP contribution in [0.4, 0.5) is 0 Å². The summed E-state index contributed by atoms with van der Waals surface area (Å²) in [4.78, 5) is 15.2. The quantitative estimate of drug-likeness (QED) is 0.759. The van der Waals surface area contributed by atoms with Crippen molar-refractivity contribution in [3.05, 3.63) is 29.3 Å². The van der Waals surface area contributed by atoms with E-state index in [0.29, 0.717) is 55.9 Å². The second-order valence-electron chi connectivity index (χ2n) is 7.58. The van der Waals surface area contributed by atoms with Crippen molar-refractivity contribution in [3.8, 4) is 0 Å². The molecule has 26 heavy (non-hydrogen) atoms. The van der Waals surface area contributed by atoms with E-state index in [-0.39, 0.29) is 10.8 Å². The molecule has 3 rings (SSSR count). The van der Waals surface area contributed by atoms with Crippen LogP contribution in [0.5, 0.6) is 0 Å². The van der Waals surface area contributed by atoms with E-state index < -0.39 is 10.0 Å². The van der Waals surface area contributed by atoms with Gasteiger partial charge in [0.25, 0.3) is 5.91 Å². The van der Waals surface area contributed by atoms with Crippen LogP contribution in [0.3, 0.4) is 0 Å². The van der Waals surface area contributed by atoms with Crippen molar-refractivity contribution in [1.29, 1.82) is 0 Å². The van der Waals surface area contributed by atoms with Crippen molar-refractivity contribution in [2.24, 2.45) is 5.92 Å². The minimum atomic E-state index is -3.62. The molecule has 7 heteroatoms. The Bertz CT molecular complexity index is 766. The zero-order chi connectivity index (χ0) is 18.9. The first-order valence-corrected chi connectivity index (χ1v) is 10.7. The highest BCUT2D eigenvalue weighted by Crippen LogP contribution is 2.30. The Morgan fingerprint density at radius 1 is 1.27 bits per heavy atom. The van der Waals surface area contributed by atoms with Gasteiger partial charge in [0.1, 0.15) is 0 Å². The molecule has 6 nitrogen and oxygen atoms in total. The molecule has 2 aliphatic rings. The predicted molar refractivity (Wildman–Crippen MR) is 99.7 cm³/mol. The van der Waals surface area contributed by atoms with Gasteiger partial charge in [-0.3, -0.25) is 4.79 Å². The molecule has 1 aliphatic carbocycles. The molecular formula is C19H28N2O4S. The fourth-order valence-corrected chi connectivity index (χ4v) is 4.94. The van der Waals surface area contributed by atoms with E-state index in [1.807, 2.05) is 4.90 Å². The number of ether oxygens (including phenoxy) is 1. The lowest BCUT2D eigenvalue weighted by molar-refractivity contribution is 0.0720. The maximum atomic E-state index is 13.0. The molecule has 0 aromatic heterocycles. The molecule has 0 atom stereocenters. The van der Waals surface area contributed by atoms with Crippen molar-refractivity contribution in [2.75, 3.05) is 32.8 Å². The molecule has 144 valence electrons. The second kappa shape index (κ2) is 7.66. The van der Waals surface area contributed by atoms with Crippen molar-refractivity contribution in [3.63, 3.8) is 0 Å². The Hall–Kier alpha value is -1.44. The van der Waals surface area contributed by atoms with Crippen molar-refractivity contribution in [2.45, 2.75) is 44.6 Å². The number of rotatable bonds is 6. The van der Waals surface area contributed by atoms with E-state index in [0.717, 1.165) is 12.8 Å². The molecule has 0 unspecified atom stereocenters. The van der Waals surface area contributed by atoms with Crippen LogP contribution < -0.4 is 0 Å². The van der Waals surface area contributed by atoms with E-state index in [9.17, 15) is 13.2 Å². The highest BCUT2D eigenvalue weighted by Gasteiger charge is 2.34. The molecule has 0 radical (unpaired) electrons. The highest BCUT2D eigenvalue weighted by molar-refractivity contribution is 7.89. The highest BCUT2D eigenvalue weighted by atomic mass is 32.2. The number of morpholine rings is 1. The molecule has 1 saturated carbocycles. The number of benzene rings is 1. The molecule has 0 spiro atoms. The number of nitrogens with zero attached hydrogens (tertiary/aromatic N) is 2. The molecule has 1 aromatic carbocycles. The summed E-state index contributed by atoms with van der Waals surface area (Å²) in [7, 11) is -3.62. The van der Waals surface area contributed by atoms with Gasteiger partial charge < -0.3 is 9.64 Å². The van der Waals surface area contributed by atoms with Gasteiger partial charge in [-0.1, -0.05) is 19.9 Å². The van der Waals surface area contributed by atoms with Gasteiger partial charge in [0.05, 0.1) is 18.1 Å². The molecule has 1 heterocycles. The third-order valence-electron chi connectivity index (χ3n) is 4.83. The molecule has 0 bridgehead atoms. The van der Waals surface area contributed by atoms with E-state index in [2.05, 4.69) is 13.8 Å². The van der Waals surface area contributed by atoms with Gasteiger partial charge in [0, 0.05) is 31.2 Å². The van der Waals surface area contributed by atoms with Crippen LogP contribution in [0, 0.1) is 12.8 Å². The summed E-state index contributed by atoms with van der Waals surface area (Å²) in [5.41, 5.74) is 1.12. The summed E-state index contributed by atoms with van der Waals surface area (Å²) in [5.74, 6) is 0.307. The number of aryl methyl sites for hydroxylation is 1. The Morgan fingerprint density at radius 3 is 2.50 bits per heavy atom. The van der Waals surface area contributed by atoms with E-state index in [1.54, 1.807) is 25.1 Å². The number of carbonyl (C=O) groups is 1. The van der Waals surface area contributed by atoms with Crippen LogP contribution in [0.2, 0.25) is 0 Å². The molecular weight excluding hydrogens is 352 g/mol. The van der Waals surface area contributed by atoms with Crippen molar-refractivity contribution < 1.29 is 17.9 Å². The summed E-state index contributed by atoms with van der Waals surface area (Å²) < 4.78 is 32.7. The van der Waals surface area contributed by atoms with Gasteiger partial charge in [-0.05, 0) is 43.4 Å². The maximum Gasteiger partial charge on any atom is 0.254 e. The standard InChI is InChI=1S/C19H28N2O4S/c1-14(2)13-21(17-6-7-17)19(22)16-5-4-15(3)18(12-16)26(23,24)20-8-10-25-11-9-20/h4-5,12,14,17H,6-11,13H2,1-3H3. The summed E-state index contributed by atoms with van der Waals surface area (Å²) >= 11 is 0. The van der Waals surface area contributed by atoms with Crippen LogP contribution in [0.15, 0.2) is 23.1 Å². The van der Waals surface area contributed by atoms with E-state index in [1.165, 1.54) is 4.31 Å². The summed E-state index contributed by atoms with van der Waals surface area (Å²) in [6.45, 7) is 8.15. The van der Waals surface area contributed by atoms with Crippen LogP contribution >= 0.6 is 0 Å². The Labute approximate surface area is 156 Å². The molecule has 1 aliphatic heterocycles. The summed E-state index contributed by atoms with van der Waals surface area (Å²) in [6.07, 6.45) is 2.06. The number of hydrogen-bond donors (Lipinski definition) is 0. The SMILES string of the molecule is Cc1ccc(C(=O)N(CC(C)C)C2CC2)cc1S(=O)(=O)N1CCOCC1. The lowest BCUT2D eigenvalue weighted by atomic mass is 10.1. The number of sulfonamides is 1. The lowest BCUT2D eigenvalue weighted by Crippen LogP contribution is -2.41. The zero-order valence-electron chi connectivity index (χ0n) is 15.8. The van der Waals surface area contributed by atoms with Gasteiger partial charge in [-0.2, -0.15) is 4.31 Å². The van der Waals surface area contributed by atoms with Crippen LogP contribution in [0.25, 0.3) is 0 Å². The third-order valence-corrected chi connectivity index (χ3v) is 6.87. The largest absolute Gasteiger partial charge is 0.379 e. The Balaban J connectivity index is 1.90. The summed E-state index contributed by atoms with van der Waals surface area (Å²) in [5, 5.41) is 0. The molecule has 1 amide bonds. The van der Waals surface area contributed by atoms with Gasteiger partial charge in [-0.15, -0.1) is 0 Å². The first-order chi connectivity index (χ1) is 12.3. The topological polar surface area (TPSA) is 66.9 Å². The number of hydrogen-bond acceptors (Lipinski definition) is 4. The molecule has 0 N–H and O–H groups in total. The lowest BCUT2D eigenvalue weighted by Gasteiger charge is -2.27. The van der Waals surface area contributed by atoms with Crippen molar-refractivity contribution >= 4 is 15.9 Å². The molecule has 2 fully saturated rings. The Morgan fingerprint density at radius 2 is 1.92 bits per heavy atom. The average molecular weight is 381 g/mol. The monoisotopic (exact) mass is 380 g/mol. The van der Waals surface area contributed by atoms with Crippen LogP contribution in [-0.2, 0) is 14.8 Å². The van der Waals surface area contributed by atoms with Gasteiger partial charge >= 0.3 is 0 Å². The van der Waals surface area contributed by atoms with Gasteiger partial charge in [0.15, 0.2) is 0 Å². The molecule has 1 saturated heterocycles. The predicted octanol–water partition coefficient (Wildman–Crippen LogP) is 2.28. The first kappa shape index (κ1) is 19.3. The summed E-state index contributed by atoms with van der Waals surface area (Å²) in [6, 6.07) is 5.33. The van der Waals surface area contributed by atoms with Crippen LogP contribution in [-0.4, -0.2) is 62.4 Å². The van der Waals surface area contributed by atoms with E-state index in [4.69, 9.17) is 4.74 Å². The normalized spacial score (nSPS) is 18.9. The van der Waals surface area contributed by atoms with Gasteiger partial charge in [0.2, 0.25) is 10.0 Å². The van der Waals surface area contributed by atoms with Gasteiger partial charge in [-0.25, -0.2) is 8.42 Å². The fraction of sp³-hybridized carbons (Fsp3) is 0.632. The van der Waals surface area contributed by atoms with Crippen molar-refractivity contribution in [1.82, 2.24) is 9.21 Å². The number of amides is 1. The van der Waals surface area contributed by atoms with Crippen LogP contribution in [0.1, 0.15) is 42.6 Å². The fourth-order valence-electron chi connectivity index (χ4n) is 3.28.